The number of rotatable bonds is 1. The highest BCUT2D eigenvalue weighted by atomic mass is 32.2. The Kier molecular flexibility index (Phi) is 2.58. The Hall–Kier alpha value is 0.0200. The van der Waals surface area contributed by atoms with Crippen molar-refractivity contribution in [3.63, 3.8) is 0 Å². The number of hydrogen-bond donors (Lipinski definition) is 0. The highest BCUT2D eigenvalue weighted by Gasteiger charge is 2.17. The van der Waals surface area contributed by atoms with Gasteiger partial charge in [-0.1, -0.05) is 6.42 Å². The van der Waals surface area contributed by atoms with Crippen LogP contribution in [0.2, 0.25) is 0 Å². The highest BCUT2D eigenvalue weighted by molar-refractivity contribution is 8.00. The van der Waals surface area contributed by atoms with Crippen LogP contribution in [-0.4, -0.2) is 16.8 Å². The van der Waals surface area contributed by atoms with Crippen molar-refractivity contribution in [2.24, 2.45) is 0 Å². The molecule has 0 spiro atoms. The number of thioether (sulfide) groups is 1. The van der Waals surface area contributed by atoms with Crippen LogP contribution in [0.5, 0.6) is 0 Å². The van der Waals surface area contributed by atoms with Gasteiger partial charge in [0.1, 0.15) is 5.78 Å². The second-order valence-electron chi connectivity index (χ2n) is 2.47. The SMILES string of the molecule is CC(=O)C1CCCCS1. The molecule has 0 bridgehead atoms. The number of hydrogen-bond acceptors (Lipinski definition) is 2. The van der Waals surface area contributed by atoms with E-state index in [0.717, 1.165) is 6.42 Å². The second-order valence-corrected chi connectivity index (χ2v) is 3.78. The lowest BCUT2D eigenvalue weighted by molar-refractivity contribution is -0.116. The number of carbonyl (C=O) groups excluding carboxylic acids is 1. The molecule has 2 heteroatoms. The first-order valence-corrected chi connectivity index (χ1v) is 4.47. The zero-order chi connectivity index (χ0) is 6.69. The third-order valence-corrected chi connectivity index (χ3v) is 3.13. The molecule has 0 N–H and O–H groups in total. The fraction of sp³-hybridized carbons (Fsp3) is 0.857. The van der Waals surface area contributed by atoms with Gasteiger partial charge in [0.2, 0.25) is 0 Å². The van der Waals surface area contributed by atoms with E-state index in [4.69, 9.17) is 0 Å². The predicted molar refractivity (Wildman–Crippen MR) is 40.8 cm³/mol. The minimum absolute atomic E-state index is 0.332. The molecule has 0 amide bonds. The maximum absolute atomic E-state index is 10.8. The van der Waals surface area contributed by atoms with Crippen LogP contribution in [0.3, 0.4) is 0 Å². The highest BCUT2D eigenvalue weighted by Crippen LogP contribution is 2.25. The van der Waals surface area contributed by atoms with E-state index >= 15 is 0 Å². The fourth-order valence-electron chi connectivity index (χ4n) is 1.06. The minimum atomic E-state index is 0.332. The molecule has 1 nitrogen and oxygen atoms in total. The van der Waals surface area contributed by atoms with E-state index in [-0.39, 0.29) is 0 Å². The maximum Gasteiger partial charge on any atom is 0.142 e. The molecule has 1 fully saturated rings. The Morgan fingerprint density at radius 3 is 2.67 bits per heavy atom. The van der Waals surface area contributed by atoms with Crippen LogP contribution in [-0.2, 0) is 4.79 Å². The van der Waals surface area contributed by atoms with Crippen molar-refractivity contribution in [3.8, 4) is 0 Å². The zero-order valence-electron chi connectivity index (χ0n) is 5.72. The van der Waals surface area contributed by atoms with Gasteiger partial charge in [0.05, 0.1) is 5.25 Å². The first-order chi connectivity index (χ1) is 4.30. The van der Waals surface area contributed by atoms with Crippen LogP contribution >= 0.6 is 11.8 Å². The molecule has 0 saturated carbocycles. The number of ketones is 1. The Morgan fingerprint density at radius 1 is 1.56 bits per heavy atom. The van der Waals surface area contributed by atoms with Gasteiger partial charge in [-0.15, -0.1) is 0 Å². The summed E-state index contributed by atoms with van der Waals surface area (Å²) in [4.78, 5) is 10.8. The van der Waals surface area contributed by atoms with Crippen molar-refractivity contribution in [3.05, 3.63) is 0 Å². The molecular weight excluding hydrogens is 132 g/mol. The van der Waals surface area contributed by atoms with Gasteiger partial charge < -0.3 is 0 Å². The van der Waals surface area contributed by atoms with E-state index in [9.17, 15) is 4.79 Å². The summed E-state index contributed by atoms with van der Waals surface area (Å²) in [6.45, 7) is 1.70. The van der Waals surface area contributed by atoms with Crippen LogP contribution in [0.15, 0.2) is 0 Å². The fourth-order valence-corrected chi connectivity index (χ4v) is 2.28. The Labute approximate surface area is 60.2 Å². The molecule has 1 aliphatic rings. The summed E-state index contributed by atoms with van der Waals surface area (Å²) in [5.74, 6) is 1.55. The number of Topliss-reactive ketones (excluding diaryl/α,β-unsaturated/α-hetero) is 1. The summed E-state index contributed by atoms with van der Waals surface area (Å²) < 4.78 is 0. The van der Waals surface area contributed by atoms with Crippen molar-refractivity contribution >= 4 is 17.5 Å². The van der Waals surface area contributed by atoms with Crippen LogP contribution in [0.1, 0.15) is 26.2 Å². The van der Waals surface area contributed by atoms with Gasteiger partial charge in [-0.25, -0.2) is 0 Å². The molecule has 52 valence electrons. The summed E-state index contributed by atoms with van der Waals surface area (Å²) in [6.07, 6.45) is 3.66. The first kappa shape index (κ1) is 7.13. The lowest BCUT2D eigenvalue weighted by Gasteiger charge is -2.17. The van der Waals surface area contributed by atoms with E-state index in [0.29, 0.717) is 11.0 Å². The second kappa shape index (κ2) is 3.25. The molecule has 0 aromatic heterocycles. The molecule has 0 aliphatic carbocycles. The summed E-state index contributed by atoms with van der Waals surface area (Å²) in [6, 6.07) is 0. The summed E-state index contributed by atoms with van der Waals surface area (Å²) in [7, 11) is 0. The molecular formula is C7H12OS. The average molecular weight is 144 g/mol. The van der Waals surface area contributed by atoms with Crippen molar-refractivity contribution in [1.82, 2.24) is 0 Å². The average Bonchev–Trinajstić information content (AvgIpc) is 1.90. The molecule has 1 heterocycles. The largest absolute Gasteiger partial charge is 0.299 e. The minimum Gasteiger partial charge on any atom is -0.299 e. The van der Waals surface area contributed by atoms with Gasteiger partial charge in [-0.2, -0.15) is 11.8 Å². The monoisotopic (exact) mass is 144 g/mol. The van der Waals surface area contributed by atoms with Gasteiger partial charge in [0.25, 0.3) is 0 Å². The van der Waals surface area contributed by atoms with Gasteiger partial charge in [-0.05, 0) is 25.5 Å². The van der Waals surface area contributed by atoms with Gasteiger partial charge in [-0.3, -0.25) is 4.79 Å². The summed E-state index contributed by atoms with van der Waals surface area (Å²) in [5, 5.41) is 0.332. The zero-order valence-corrected chi connectivity index (χ0v) is 6.54. The van der Waals surface area contributed by atoms with Crippen molar-refractivity contribution < 1.29 is 4.79 Å². The van der Waals surface area contributed by atoms with E-state index < -0.39 is 0 Å². The third kappa shape index (κ3) is 2.01. The van der Waals surface area contributed by atoms with Gasteiger partial charge >= 0.3 is 0 Å². The Morgan fingerprint density at radius 2 is 2.33 bits per heavy atom. The first-order valence-electron chi connectivity index (χ1n) is 3.43. The maximum atomic E-state index is 10.8. The van der Waals surface area contributed by atoms with Crippen LogP contribution in [0, 0.1) is 0 Å². The van der Waals surface area contributed by atoms with E-state index in [1.54, 1.807) is 6.92 Å². The summed E-state index contributed by atoms with van der Waals surface area (Å²) in [5.41, 5.74) is 0. The predicted octanol–water partition coefficient (Wildman–Crippen LogP) is 1.86. The van der Waals surface area contributed by atoms with Crippen LogP contribution < -0.4 is 0 Å². The molecule has 1 rings (SSSR count). The molecule has 9 heavy (non-hydrogen) atoms. The van der Waals surface area contributed by atoms with Crippen molar-refractivity contribution in [1.29, 1.82) is 0 Å². The number of carbonyl (C=O) groups is 1. The smallest absolute Gasteiger partial charge is 0.142 e. The van der Waals surface area contributed by atoms with E-state index in [1.165, 1.54) is 18.6 Å². The van der Waals surface area contributed by atoms with Crippen LogP contribution in [0.4, 0.5) is 0 Å². The lowest BCUT2D eigenvalue weighted by Crippen LogP contribution is -2.17. The molecule has 0 radical (unpaired) electrons. The Bertz CT molecular complexity index is 105. The van der Waals surface area contributed by atoms with E-state index in [1.807, 2.05) is 11.8 Å². The molecule has 0 aromatic carbocycles. The molecule has 1 unspecified atom stereocenters. The molecule has 1 aliphatic heterocycles. The summed E-state index contributed by atoms with van der Waals surface area (Å²) >= 11 is 1.82. The molecule has 1 atom stereocenters. The molecule has 1 saturated heterocycles. The quantitative estimate of drug-likeness (QED) is 0.558. The van der Waals surface area contributed by atoms with Crippen molar-refractivity contribution in [2.75, 3.05) is 5.75 Å². The van der Waals surface area contributed by atoms with Crippen molar-refractivity contribution in [2.45, 2.75) is 31.4 Å². The molecule has 0 aromatic rings. The van der Waals surface area contributed by atoms with Gasteiger partial charge in [0, 0.05) is 0 Å². The van der Waals surface area contributed by atoms with Crippen LogP contribution in [0.25, 0.3) is 0 Å². The normalized spacial score (nSPS) is 27.9. The topological polar surface area (TPSA) is 17.1 Å². The standard InChI is InChI=1S/C7H12OS/c1-6(8)7-4-2-3-5-9-7/h7H,2-5H2,1H3. The third-order valence-electron chi connectivity index (χ3n) is 1.63. The van der Waals surface area contributed by atoms with E-state index in [2.05, 4.69) is 0 Å². The lowest BCUT2D eigenvalue weighted by atomic mass is 10.1. The van der Waals surface area contributed by atoms with Gasteiger partial charge in [0.15, 0.2) is 0 Å². The Balaban J connectivity index is 2.31.